The molecular weight excluding hydrogens is 348 g/mol. The Balaban J connectivity index is 1.39. The average molecular weight is 372 g/mol. The van der Waals surface area contributed by atoms with Gasteiger partial charge in [-0.25, -0.2) is 0 Å². The van der Waals surface area contributed by atoms with E-state index in [2.05, 4.69) is 27.6 Å². The molecular formula is C19H24N4O2S. The van der Waals surface area contributed by atoms with Crippen LogP contribution in [0.4, 0.5) is 0 Å². The van der Waals surface area contributed by atoms with E-state index in [9.17, 15) is 4.79 Å². The molecule has 2 aliphatic rings. The lowest BCUT2D eigenvalue weighted by Crippen LogP contribution is -2.27. The van der Waals surface area contributed by atoms with E-state index in [1.165, 1.54) is 11.1 Å². The second-order valence-electron chi connectivity index (χ2n) is 7.18. The predicted octanol–water partition coefficient (Wildman–Crippen LogP) is 3.41. The summed E-state index contributed by atoms with van der Waals surface area (Å²) >= 11 is 5.29. The van der Waals surface area contributed by atoms with E-state index >= 15 is 0 Å². The van der Waals surface area contributed by atoms with Crippen LogP contribution in [0.2, 0.25) is 0 Å². The van der Waals surface area contributed by atoms with Crippen LogP contribution in [0.3, 0.4) is 0 Å². The highest BCUT2D eigenvalue weighted by Crippen LogP contribution is 2.36. The van der Waals surface area contributed by atoms with Crippen molar-refractivity contribution in [1.82, 2.24) is 20.1 Å². The molecule has 6 nitrogen and oxygen atoms in total. The average Bonchev–Trinajstić information content (AvgIpc) is 3.42. The second kappa shape index (κ2) is 7.23. The van der Waals surface area contributed by atoms with Gasteiger partial charge in [-0.3, -0.25) is 14.5 Å². The molecule has 1 fully saturated rings. The zero-order chi connectivity index (χ0) is 18.1. The van der Waals surface area contributed by atoms with Crippen LogP contribution in [-0.4, -0.2) is 27.8 Å². The summed E-state index contributed by atoms with van der Waals surface area (Å²) in [5.41, 5.74) is 2.59. The SMILES string of the molecule is COc1ccc2c(c1)CCCC2CC(=O)NCc1n[nH]c(=S)n1C1CC1. The highest BCUT2D eigenvalue weighted by molar-refractivity contribution is 7.71. The topological polar surface area (TPSA) is 71.9 Å². The van der Waals surface area contributed by atoms with Gasteiger partial charge in [0.2, 0.25) is 5.91 Å². The van der Waals surface area contributed by atoms with Crippen molar-refractivity contribution in [2.75, 3.05) is 7.11 Å². The van der Waals surface area contributed by atoms with E-state index in [0.29, 0.717) is 23.8 Å². The molecule has 26 heavy (non-hydrogen) atoms. The van der Waals surface area contributed by atoms with Gasteiger partial charge < -0.3 is 10.1 Å². The molecule has 2 aliphatic carbocycles. The molecule has 0 aliphatic heterocycles. The number of aromatic amines is 1. The lowest BCUT2D eigenvalue weighted by atomic mass is 9.81. The number of carbonyl (C=O) groups is 1. The Bertz CT molecular complexity index is 869. The summed E-state index contributed by atoms with van der Waals surface area (Å²) in [6.07, 6.45) is 6.00. The van der Waals surface area contributed by atoms with Gasteiger partial charge in [0, 0.05) is 12.5 Å². The van der Waals surface area contributed by atoms with Crippen molar-refractivity contribution in [3.05, 3.63) is 39.9 Å². The van der Waals surface area contributed by atoms with Crippen molar-refractivity contribution in [2.45, 2.75) is 57.0 Å². The Kier molecular flexibility index (Phi) is 4.80. The molecule has 138 valence electrons. The molecule has 1 heterocycles. The first-order chi connectivity index (χ1) is 12.7. The Morgan fingerprint density at radius 2 is 2.27 bits per heavy atom. The fourth-order valence-corrected chi connectivity index (χ4v) is 4.18. The number of hydrogen-bond acceptors (Lipinski definition) is 4. The van der Waals surface area contributed by atoms with Crippen LogP contribution in [0.1, 0.15) is 61.0 Å². The molecule has 0 saturated heterocycles. The van der Waals surface area contributed by atoms with Crippen molar-refractivity contribution < 1.29 is 9.53 Å². The van der Waals surface area contributed by atoms with Crippen LogP contribution < -0.4 is 10.1 Å². The molecule has 2 aromatic rings. The van der Waals surface area contributed by atoms with Crippen LogP contribution >= 0.6 is 12.2 Å². The number of rotatable bonds is 6. The van der Waals surface area contributed by atoms with Crippen molar-refractivity contribution >= 4 is 18.1 Å². The number of hydrogen-bond donors (Lipinski definition) is 2. The minimum Gasteiger partial charge on any atom is -0.497 e. The van der Waals surface area contributed by atoms with Crippen LogP contribution in [0, 0.1) is 4.77 Å². The van der Waals surface area contributed by atoms with Gasteiger partial charge in [0.15, 0.2) is 10.6 Å². The van der Waals surface area contributed by atoms with Crippen molar-refractivity contribution in [2.24, 2.45) is 0 Å². The van der Waals surface area contributed by atoms with Crippen molar-refractivity contribution in [1.29, 1.82) is 0 Å². The molecule has 1 aromatic heterocycles. The van der Waals surface area contributed by atoms with E-state index in [1.54, 1.807) is 7.11 Å². The summed E-state index contributed by atoms with van der Waals surface area (Å²) in [5, 5.41) is 10.1. The van der Waals surface area contributed by atoms with Gasteiger partial charge in [0.05, 0.1) is 13.7 Å². The molecule has 1 saturated carbocycles. The first-order valence-corrected chi connectivity index (χ1v) is 9.66. The van der Waals surface area contributed by atoms with Crippen LogP contribution in [-0.2, 0) is 17.8 Å². The van der Waals surface area contributed by atoms with Crippen LogP contribution in [0.15, 0.2) is 18.2 Å². The summed E-state index contributed by atoms with van der Waals surface area (Å²) in [4.78, 5) is 12.5. The number of nitrogens with one attached hydrogen (secondary N) is 2. The number of amides is 1. The molecule has 4 rings (SSSR count). The smallest absolute Gasteiger partial charge is 0.220 e. The molecule has 7 heteroatoms. The number of aryl methyl sites for hydroxylation is 1. The number of nitrogens with zero attached hydrogens (tertiary/aromatic N) is 2. The highest BCUT2D eigenvalue weighted by Gasteiger charge is 2.27. The van der Waals surface area contributed by atoms with E-state index in [-0.39, 0.29) is 11.8 Å². The number of aromatic nitrogens is 3. The monoisotopic (exact) mass is 372 g/mol. The molecule has 1 amide bonds. The van der Waals surface area contributed by atoms with Gasteiger partial charge in [-0.1, -0.05) is 6.07 Å². The van der Waals surface area contributed by atoms with E-state index in [4.69, 9.17) is 17.0 Å². The number of benzene rings is 1. The Morgan fingerprint density at radius 3 is 3.04 bits per heavy atom. The summed E-state index contributed by atoms with van der Waals surface area (Å²) in [6.45, 7) is 0.421. The van der Waals surface area contributed by atoms with Crippen molar-refractivity contribution in [3.63, 3.8) is 0 Å². The van der Waals surface area contributed by atoms with Gasteiger partial charge >= 0.3 is 0 Å². The summed E-state index contributed by atoms with van der Waals surface area (Å²) in [6, 6.07) is 6.66. The summed E-state index contributed by atoms with van der Waals surface area (Å²) in [7, 11) is 1.69. The molecule has 0 radical (unpaired) electrons. The maximum absolute atomic E-state index is 12.5. The van der Waals surface area contributed by atoms with Crippen LogP contribution in [0.5, 0.6) is 5.75 Å². The first-order valence-electron chi connectivity index (χ1n) is 9.25. The Labute approximate surface area is 158 Å². The van der Waals surface area contributed by atoms with Gasteiger partial charge in [-0.15, -0.1) is 0 Å². The lowest BCUT2D eigenvalue weighted by Gasteiger charge is -2.25. The van der Waals surface area contributed by atoms with E-state index < -0.39 is 0 Å². The van der Waals surface area contributed by atoms with E-state index in [0.717, 1.165) is 43.7 Å². The van der Waals surface area contributed by atoms with Gasteiger partial charge in [-0.2, -0.15) is 5.10 Å². The number of fused-ring (bicyclic) bond motifs is 1. The van der Waals surface area contributed by atoms with Crippen molar-refractivity contribution in [3.8, 4) is 5.75 Å². The van der Waals surface area contributed by atoms with Crippen LogP contribution in [0.25, 0.3) is 0 Å². The number of ether oxygens (including phenoxy) is 1. The zero-order valence-corrected chi connectivity index (χ0v) is 15.8. The number of H-pyrrole nitrogens is 1. The second-order valence-corrected chi connectivity index (χ2v) is 7.57. The third-order valence-electron chi connectivity index (χ3n) is 5.35. The minimum atomic E-state index is 0.0648. The van der Waals surface area contributed by atoms with Gasteiger partial charge in [0.1, 0.15) is 5.75 Å². The minimum absolute atomic E-state index is 0.0648. The summed E-state index contributed by atoms with van der Waals surface area (Å²) in [5.74, 6) is 2.04. The maximum Gasteiger partial charge on any atom is 0.220 e. The standard InChI is InChI=1S/C19H24N4O2S/c1-25-15-7-8-16-12(9-15)3-2-4-13(16)10-18(24)20-11-17-21-22-19(26)23(17)14-5-6-14/h7-9,13-14H,2-6,10-11H2,1H3,(H,20,24)(H,22,26). The number of methoxy groups -OCH3 is 1. The van der Waals surface area contributed by atoms with E-state index in [1.807, 2.05) is 10.6 Å². The molecule has 1 unspecified atom stereocenters. The third-order valence-corrected chi connectivity index (χ3v) is 5.64. The van der Waals surface area contributed by atoms with Gasteiger partial charge in [0.25, 0.3) is 0 Å². The van der Waals surface area contributed by atoms with Gasteiger partial charge in [-0.05, 0) is 73.5 Å². The Hall–Kier alpha value is -2.15. The molecule has 2 N–H and O–H groups in total. The summed E-state index contributed by atoms with van der Waals surface area (Å²) < 4.78 is 8.01. The maximum atomic E-state index is 12.5. The number of carbonyl (C=O) groups excluding carboxylic acids is 1. The fourth-order valence-electron chi connectivity index (χ4n) is 3.88. The Morgan fingerprint density at radius 1 is 1.42 bits per heavy atom. The third kappa shape index (κ3) is 3.53. The predicted molar refractivity (Wildman–Crippen MR) is 101 cm³/mol. The fraction of sp³-hybridized carbons (Fsp3) is 0.526. The first kappa shape index (κ1) is 17.3. The largest absolute Gasteiger partial charge is 0.497 e. The normalized spacial score (nSPS) is 19.0. The zero-order valence-electron chi connectivity index (χ0n) is 15.0. The molecule has 0 spiro atoms. The lowest BCUT2D eigenvalue weighted by molar-refractivity contribution is -0.121. The molecule has 1 atom stereocenters. The molecule has 1 aromatic carbocycles. The quantitative estimate of drug-likeness (QED) is 0.762. The molecule has 0 bridgehead atoms. The highest BCUT2D eigenvalue weighted by atomic mass is 32.1.